The fourth-order valence-electron chi connectivity index (χ4n) is 3.41. The molecule has 0 saturated heterocycles. The number of carboxylic acids is 1. The monoisotopic (exact) mass is 496 g/mol. The number of nitrogens with two attached hydrogens (primary N) is 2. The number of carbonyl (C=O) groups is 1. The fourth-order valence-corrected chi connectivity index (χ4v) is 3.41. The van der Waals surface area contributed by atoms with Crippen LogP contribution in [0.2, 0.25) is 0 Å². The number of nitrogens with zero attached hydrogens (tertiary/aromatic N) is 1. The highest BCUT2D eigenvalue weighted by Gasteiger charge is 2.15. The summed E-state index contributed by atoms with van der Waals surface area (Å²) in [6.07, 6.45) is 19.8. The molecule has 0 heterocycles. The van der Waals surface area contributed by atoms with E-state index < -0.39 is 19.8 Å². The van der Waals surface area contributed by atoms with Crippen LogP contribution in [0.25, 0.3) is 0 Å². The molecule has 0 amide bonds. The summed E-state index contributed by atoms with van der Waals surface area (Å²) in [6.45, 7) is 3.51. The Bertz CT molecular complexity index is 519. The van der Waals surface area contributed by atoms with E-state index in [1.54, 1.807) is 0 Å². The van der Waals surface area contributed by atoms with Crippen LogP contribution in [0.5, 0.6) is 0 Å². The highest BCUT2D eigenvalue weighted by Crippen LogP contribution is 2.25. The van der Waals surface area contributed by atoms with Gasteiger partial charge in [-0.25, -0.2) is 4.57 Å². The van der Waals surface area contributed by atoms with Gasteiger partial charge in [0.15, 0.2) is 5.96 Å². The van der Waals surface area contributed by atoms with Gasteiger partial charge in [0.25, 0.3) is 0 Å². The lowest BCUT2D eigenvalue weighted by Crippen LogP contribution is -2.37. The van der Waals surface area contributed by atoms with Gasteiger partial charge in [0.2, 0.25) is 0 Å². The van der Waals surface area contributed by atoms with E-state index in [-0.39, 0.29) is 5.96 Å². The average Bonchev–Trinajstić information content (AvgIpc) is 2.70. The van der Waals surface area contributed by atoms with Crippen molar-refractivity contribution in [1.82, 2.24) is 5.32 Å². The Hall–Kier alpha value is -1.19. The van der Waals surface area contributed by atoms with Gasteiger partial charge in [0, 0.05) is 6.54 Å². The van der Waals surface area contributed by atoms with Crippen molar-refractivity contribution in [3.05, 3.63) is 0 Å². The van der Waals surface area contributed by atoms with Crippen LogP contribution in [0, 0.1) is 0 Å². The normalized spacial score (nSPS) is 12.0. The molecule has 0 rings (SSSR count). The van der Waals surface area contributed by atoms with Crippen LogP contribution >= 0.6 is 7.82 Å². The molecule has 0 aliphatic carbocycles. The van der Waals surface area contributed by atoms with Crippen molar-refractivity contribution in [3.63, 3.8) is 0 Å². The summed E-state index contributed by atoms with van der Waals surface area (Å²) in [4.78, 5) is 36.7. The van der Waals surface area contributed by atoms with Crippen molar-refractivity contribution in [1.29, 1.82) is 0 Å². The number of aliphatic carboxylic acids is 1. The van der Waals surface area contributed by atoms with Crippen LogP contribution in [-0.4, -0.2) is 50.8 Å². The molecule has 0 aliphatic rings. The van der Waals surface area contributed by atoms with E-state index in [0.717, 1.165) is 13.0 Å². The molecule has 0 saturated carbocycles. The average molecular weight is 497 g/mol. The van der Waals surface area contributed by atoms with Crippen LogP contribution in [0.1, 0.15) is 110 Å². The van der Waals surface area contributed by atoms with Gasteiger partial charge in [-0.05, 0) is 25.8 Å². The summed E-state index contributed by atoms with van der Waals surface area (Å²) in [5.41, 5.74) is 10.5. The maximum atomic E-state index is 11.3. The second kappa shape index (κ2) is 24.0. The van der Waals surface area contributed by atoms with Crippen molar-refractivity contribution >= 4 is 19.8 Å². The molecule has 0 unspecified atom stereocenters. The molecule has 9 N–H and O–H groups in total. The van der Waals surface area contributed by atoms with Gasteiger partial charge in [-0.2, -0.15) is 0 Å². The second-order valence-electron chi connectivity index (χ2n) is 8.40. The van der Waals surface area contributed by atoms with Crippen LogP contribution < -0.4 is 16.8 Å². The molecular weight excluding hydrogens is 447 g/mol. The van der Waals surface area contributed by atoms with E-state index in [0.29, 0.717) is 19.4 Å². The number of hydrogen-bond donors (Lipinski definition) is 7. The number of guanidine groups is 1. The number of unbranched alkanes of at least 4 members (excludes halogenated alkanes) is 13. The number of hydrogen-bond acceptors (Lipinski definition) is 4. The maximum Gasteiger partial charge on any atom is 0.466 e. The molecule has 0 radical (unpaired) electrons. The number of rotatable bonds is 21. The van der Waals surface area contributed by atoms with E-state index >= 15 is 0 Å². The first-order valence-corrected chi connectivity index (χ1v) is 13.9. The van der Waals surface area contributed by atoms with E-state index in [2.05, 4.69) is 17.2 Å². The summed E-state index contributed by atoms with van der Waals surface area (Å²) in [7, 11) is -4.64. The van der Waals surface area contributed by atoms with Crippen molar-refractivity contribution in [2.24, 2.45) is 16.5 Å². The standard InChI is InChI=1S/C22H46N4O2.H3O4P/c1-2-3-4-5-6-7-8-9-10-11-12-13-14-15-18-25-20(21(27)28)17-16-19-26-22(23)24;1-5(2,3)4/h20,25H,2-19H2,1H3,(H,27,28)(H4,23,24,26);(H3,1,2,3,4)/t20-;/m0./s1. The van der Waals surface area contributed by atoms with Crippen molar-refractivity contribution in [2.75, 3.05) is 13.1 Å². The predicted octanol–water partition coefficient (Wildman–Crippen LogP) is 3.64. The van der Waals surface area contributed by atoms with E-state index in [1.807, 2.05) is 0 Å². The quantitative estimate of drug-likeness (QED) is 0.0538. The Morgan fingerprint density at radius 3 is 1.58 bits per heavy atom. The Labute approximate surface area is 199 Å². The SMILES string of the molecule is CCCCCCCCCCCCCCCCN[C@@H](CCCN=C(N)N)C(=O)O.O=P(O)(O)O. The third-order valence-electron chi connectivity index (χ3n) is 5.16. The van der Waals surface area contributed by atoms with Crippen LogP contribution in [0.4, 0.5) is 0 Å². The molecule has 0 spiro atoms. The fraction of sp³-hybridized carbons (Fsp3) is 0.909. The zero-order chi connectivity index (χ0) is 25.4. The number of phosphoric acid groups is 1. The summed E-state index contributed by atoms with van der Waals surface area (Å²) in [5.74, 6) is -0.739. The minimum absolute atomic E-state index is 0.0576. The highest BCUT2D eigenvalue weighted by molar-refractivity contribution is 7.45. The zero-order valence-electron chi connectivity index (χ0n) is 20.5. The smallest absolute Gasteiger partial charge is 0.466 e. The minimum atomic E-state index is -4.64. The second-order valence-corrected chi connectivity index (χ2v) is 9.43. The summed E-state index contributed by atoms with van der Waals surface area (Å²) in [6, 6.07) is -0.504. The van der Waals surface area contributed by atoms with Crippen LogP contribution in [0.15, 0.2) is 4.99 Å². The molecule has 0 bridgehead atoms. The van der Waals surface area contributed by atoms with Gasteiger partial charge >= 0.3 is 13.8 Å². The first-order chi connectivity index (χ1) is 15.6. The van der Waals surface area contributed by atoms with Crippen molar-refractivity contribution in [2.45, 2.75) is 116 Å². The maximum absolute atomic E-state index is 11.3. The number of aliphatic imine (C=N–C) groups is 1. The van der Waals surface area contributed by atoms with E-state index in [9.17, 15) is 9.90 Å². The van der Waals surface area contributed by atoms with Crippen LogP contribution in [-0.2, 0) is 9.36 Å². The third-order valence-corrected chi connectivity index (χ3v) is 5.16. The minimum Gasteiger partial charge on any atom is -0.480 e. The molecule has 33 heavy (non-hydrogen) atoms. The number of carboxylic acid groups (broad SMARTS) is 1. The Morgan fingerprint density at radius 2 is 1.21 bits per heavy atom. The summed E-state index contributed by atoms with van der Waals surface area (Å²) >= 11 is 0. The lowest BCUT2D eigenvalue weighted by atomic mass is 10.0. The Kier molecular flexibility index (Phi) is 24.7. The molecule has 0 aromatic carbocycles. The molecule has 1 atom stereocenters. The summed E-state index contributed by atoms with van der Waals surface area (Å²) in [5, 5.41) is 12.4. The lowest BCUT2D eigenvalue weighted by molar-refractivity contribution is -0.139. The van der Waals surface area contributed by atoms with Gasteiger partial charge < -0.3 is 36.6 Å². The molecule has 0 aliphatic heterocycles. The molecule has 10 nitrogen and oxygen atoms in total. The van der Waals surface area contributed by atoms with Gasteiger partial charge in [-0.1, -0.05) is 90.4 Å². The number of nitrogens with one attached hydrogen (secondary N) is 1. The van der Waals surface area contributed by atoms with Crippen LogP contribution in [0.3, 0.4) is 0 Å². The van der Waals surface area contributed by atoms with Crippen molar-refractivity contribution in [3.8, 4) is 0 Å². The Morgan fingerprint density at radius 1 is 0.818 bits per heavy atom. The van der Waals surface area contributed by atoms with Gasteiger partial charge in [-0.15, -0.1) is 0 Å². The molecule has 198 valence electrons. The van der Waals surface area contributed by atoms with Gasteiger partial charge in [0.1, 0.15) is 6.04 Å². The molecule has 0 aromatic rings. The molecule has 11 heteroatoms. The first kappa shape index (κ1) is 34.0. The lowest BCUT2D eigenvalue weighted by Gasteiger charge is -2.13. The largest absolute Gasteiger partial charge is 0.480 e. The molecule has 0 fully saturated rings. The molecular formula is C22H49N4O6P. The van der Waals surface area contributed by atoms with E-state index in [4.69, 9.17) is 30.7 Å². The first-order valence-electron chi connectivity index (χ1n) is 12.4. The Balaban J connectivity index is 0. The zero-order valence-corrected chi connectivity index (χ0v) is 21.4. The summed E-state index contributed by atoms with van der Waals surface area (Å²) < 4.78 is 8.88. The molecule has 0 aromatic heterocycles. The third kappa shape index (κ3) is 35.6. The predicted molar refractivity (Wildman–Crippen MR) is 134 cm³/mol. The van der Waals surface area contributed by atoms with Gasteiger partial charge in [0.05, 0.1) is 0 Å². The van der Waals surface area contributed by atoms with Gasteiger partial charge in [-0.3, -0.25) is 9.79 Å². The highest BCUT2D eigenvalue weighted by atomic mass is 31.2. The van der Waals surface area contributed by atoms with Crippen molar-refractivity contribution < 1.29 is 29.1 Å². The van der Waals surface area contributed by atoms with E-state index in [1.165, 1.54) is 83.5 Å². The topological polar surface area (TPSA) is 191 Å².